The van der Waals surface area contributed by atoms with Crippen molar-refractivity contribution in [3.8, 4) is 0 Å². The number of aliphatic hydroxyl groups is 2. The fourth-order valence-electron chi connectivity index (χ4n) is 1.08. The number of aliphatic hydroxyl groups excluding tert-OH is 2. The summed E-state index contributed by atoms with van der Waals surface area (Å²) in [5.74, 6) is -0.657. The van der Waals surface area contributed by atoms with Crippen LogP contribution in [0.3, 0.4) is 0 Å². The van der Waals surface area contributed by atoms with Gasteiger partial charge in [0.05, 0.1) is 25.4 Å². The normalized spacial score (nSPS) is 11.6. The van der Waals surface area contributed by atoms with Gasteiger partial charge in [-0.2, -0.15) is 0 Å². The molecule has 18 heavy (non-hydrogen) atoms. The van der Waals surface area contributed by atoms with Gasteiger partial charge >= 0.3 is 5.97 Å². The van der Waals surface area contributed by atoms with Crippen molar-refractivity contribution in [2.45, 2.75) is 20.0 Å². The van der Waals surface area contributed by atoms with Crippen molar-refractivity contribution in [2.75, 3.05) is 19.8 Å². The topological polar surface area (TPSA) is 76.0 Å². The molecule has 0 saturated carbocycles. The number of ether oxygens (including phenoxy) is 2. The van der Waals surface area contributed by atoms with Crippen LogP contribution in [0.5, 0.6) is 0 Å². The molecule has 0 bridgehead atoms. The highest BCUT2D eigenvalue weighted by atomic mass is 16.6. The van der Waals surface area contributed by atoms with E-state index in [2.05, 4.69) is 13.2 Å². The number of carbonyl (C=O) groups is 1. The van der Waals surface area contributed by atoms with Gasteiger partial charge in [0.1, 0.15) is 11.9 Å². The zero-order chi connectivity index (χ0) is 14.1. The summed E-state index contributed by atoms with van der Waals surface area (Å²) in [5, 5.41) is 18.3. The van der Waals surface area contributed by atoms with Crippen molar-refractivity contribution in [2.24, 2.45) is 0 Å². The Morgan fingerprint density at radius 3 is 2.50 bits per heavy atom. The zero-order valence-electron chi connectivity index (χ0n) is 10.8. The molecule has 0 aliphatic rings. The molecular formula is C13H20O5. The summed E-state index contributed by atoms with van der Waals surface area (Å²) in [6, 6.07) is 0. The molecule has 0 amide bonds. The molecule has 0 fully saturated rings. The fraction of sp³-hybridized carbons (Fsp3) is 0.462. The second-order valence-electron chi connectivity index (χ2n) is 3.86. The van der Waals surface area contributed by atoms with E-state index < -0.39 is 18.7 Å². The highest BCUT2D eigenvalue weighted by Gasteiger charge is 2.18. The minimum Gasteiger partial charge on any atom is -0.425 e. The summed E-state index contributed by atoms with van der Waals surface area (Å²) < 4.78 is 10.0. The van der Waals surface area contributed by atoms with Crippen LogP contribution in [-0.2, 0) is 14.3 Å². The maximum Gasteiger partial charge on any atom is 0.340 e. The van der Waals surface area contributed by atoms with Crippen LogP contribution < -0.4 is 0 Å². The predicted molar refractivity (Wildman–Crippen MR) is 67.7 cm³/mol. The third-order valence-corrected chi connectivity index (χ3v) is 1.97. The Kier molecular flexibility index (Phi) is 7.94. The summed E-state index contributed by atoms with van der Waals surface area (Å²) in [6.07, 6.45) is 0.330. The van der Waals surface area contributed by atoms with Crippen LogP contribution in [0.4, 0.5) is 0 Å². The Morgan fingerprint density at radius 1 is 1.44 bits per heavy atom. The minimum atomic E-state index is -1.22. The Hall–Kier alpha value is -1.43. The molecule has 0 radical (unpaired) electrons. The van der Waals surface area contributed by atoms with Gasteiger partial charge in [-0.15, -0.1) is 6.58 Å². The van der Waals surface area contributed by atoms with E-state index in [1.54, 1.807) is 19.9 Å². The molecule has 0 rings (SSSR count). The first-order valence-electron chi connectivity index (χ1n) is 5.48. The number of allylic oxidation sites excluding steroid dienone is 1. The lowest BCUT2D eigenvalue weighted by atomic mass is 10.2. The van der Waals surface area contributed by atoms with Crippen LogP contribution in [0.1, 0.15) is 13.8 Å². The van der Waals surface area contributed by atoms with Gasteiger partial charge in [-0.25, -0.2) is 4.79 Å². The quantitative estimate of drug-likeness (QED) is 0.222. The second-order valence-corrected chi connectivity index (χ2v) is 3.86. The van der Waals surface area contributed by atoms with Crippen LogP contribution in [0.2, 0.25) is 0 Å². The number of rotatable bonds is 8. The standard InChI is InChI=1S/C13H20O5/c1-5-6-17-8-10(4)13(16)18-12(9(2)3)11(15)7-14/h5,11,14-15H,1,4,6-8H2,2-3H3. The Bertz CT molecular complexity index is 339. The van der Waals surface area contributed by atoms with Crippen molar-refractivity contribution in [1.82, 2.24) is 0 Å². The fourth-order valence-corrected chi connectivity index (χ4v) is 1.08. The summed E-state index contributed by atoms with van der Waals surface area (Å²) in [4.78, 5) is 11.6. The van der Waals surface area contributed by atoms with Gasteiger partial charge in [0.25, 0.3) is 0 Å². The molecule has 0 aromatic rings. The molecule has 0 spiro atoms. The molecular weight excluding hydrogens is 236 g/mol. The van der Waals surface area contributed by atoms with Gasteiger partial charge in [0.15, 0.2) is 0 Å². The van der Waals surface area contributed by atoms with Crippen molar-refractivity contribution in [3.63, 3.8) is 0 Å². The van der Waals surface area contributed by atoms with Gasteiger partial charge in [-0.05, 0) is 19.4 Å². The van der Waals surface area contributed by atoms with Crippen molar-refractivity contribution in [1.29, 1.82) is 0 Å². The average Bonchev–Trinajstić information content (AvgIpc) is 2.34. The van der Waals surface area contributed by atoms with Crippen molar-refractivity contribution in [3.05, 3.63) is 36.1 Å². The Morgan fingerprint density at radius 2 is 2.06 bits per heavy atom. The molecule has 0 heterocycles. The van der Waals surface area contributed by atoms with Gasteiger partial charge in [-0.3, -0.25) is 0 Å². The molecule has 1 atom stereocenters. The lowest BCUT2D eigenvalue weighted by Gasteiger charge is -2.15. The van der Waals surface area contributed by atoms with E-state index in [1.807, 2.05) is 0 Å². The van der Waals surface area contributed by atoms with Gasteiger partial charge in [0, 0.05) is 0 Å². The molecule has 2 N–H and O–H groups in total. The Balaban J connectivity index is 4.48. The molecule has 0 saturated heterocycles. The lowest BCUT2D eigenvalue weighted by molar-refractivity contribution is -0.137. The van der Waals surface area contributed by atoms with E-state index in [-0.39, 0.29) is 17.9 Å². The van der Waals surface area contributed by atoms with E-state index in [1.165, 1.54) is 0 Å². The zero-order valence-corrected chi connectivity index (χ0v) is 10.8. The van der Waals surface area contributed by atoms with E-state index >= 15 is 0 Å². The van der Waals surface area contributed by atoms with E-state index in [0.717, 1.165) is 0 Å². The summed E-state index contributed by atoms with van der Waals surface area (Å²) in [7, 11) is 0. The predicted octanol–water partition coefficient (Wildman–Crippen LogP) is 0.935. The van der Waals surface area contributed by atoms with Crippen LogP contribution in [0.15, 0.2) is 36.1 Å². The largest absolute Gasteiger partial charge is 0.425 e. The maximum atomic E-state index is 11.6. The number of esters is 1. The lowest BCUT2D eigenvalue weighted by Crippen LogP contribution is -2.22. The number of hydrogen-bond donors (Lipinski definition) is 2. The SMILES string of the molecule is C=CCOCC(=C)C(=O)OC(=C(C)C)C(O)CO. The van der Waals surface area contributed by atoms with Crippen molar-refractivity contribution >= 4 is 5.97 Å². The van der Waals surface area contributed by atoms with Gasteiger partial charge in [-0.1, -0.05) is 12.7 Å². The molecule has 102 valence electrons. The van der Waals surface area contributed by atoms with Crippen LogP contribution in [0.25, 0.3) is 0 Å². The van der Waals surface area contributed by atoms with Crippen LogP contribution in [-0.4, -0.2) is 42.1 Å². The molecule has 0 aliphatic heterocycles. The van der Waals surface area contributed by atoms with E-state index in [0.29, 0.717) is 12.2 Å². The molecule has 5 nitrogen and oxygen atoms in total. The molecule has 1 unspecified atom stereocenters. The molecule has 0 aliphatic carbocycles. The first-order chi connectivity index (χ1) is 8.43. The highest BCUT2D eigenvalue weighted by molar-refractivity contribution is 5.88. The summed E-state index contributed by atoms with van der Waals surface area (Å²) in [6.45, 7) is 10.1. The minimum absolute atomic E-state index is 0.0239. The molecule has 0 aromatic heterocycles. The summed E-state index contributed by atoms with van der Waals surface area (Å²) in [5.41, 5.74) is 0.727. The molecule has 0 aromatic carbocycles. The van der Waals surface area contributed by atoms with E-state index in [4.69, 9.17) is 14.6 Å². The first-order valence-corrected chi connectivity index (χ1v) is 5.48. The van der Waals surface area contributed by atoms with E-state index in [9.17, 15) is 9.90 Å². The highest BCUT2D eigenvalue weighted by Crippen LogP contribution is 2.13. The smallest absolute Gasteiger partial charge is 0.340 e. The number of hydrogen-bond acceptors (Lipinski definition) is 5. The van der Waals surface area contributed by atoms with Gasteiger partial charge < -0.3 is 19.7 Å². The third kappa shape index (κ3) is 5.77. The van der Waals surface area contributed by atoms with Crippen LogP contribution >= 0.6 is 0 Å². The first kappa shape index (κ1) is 16.6. The van der Waals surface area contributed by atoms with Crippen LogP contribution in [0, 0.1) is 0 Å². The van der Waals surface area contributed by atoms with Crippen molar-refractivity contribution < 1.29 is 24.5 Å². The van der Waals surface area contributed by atoms with Gasteiger partial charge in [0.2, 0.25) is 0 Å². The number of carbonyl (C=O) groups excluding carboxylic acids is 1. The average molecular weight is 256 g/mol. The maximum absolute atomic E-state index is 11.6. The monoisotopic (exact) mass is 256 g/mol. The third-order valence-electron chi connectivity index (χ3n) is 1.97. The Labute approximate surface area is 107 Å². The summed E-state index contributed by atoms with van der Waals surface area (Å²) >= 11 is 0. The molecule has 5 heteroatoms. The second kappa shape index (κ2) is 8.63.